The molecule has 0 aliphatic rings. The van der Waals surface area contributed by atoms with Crippen LogP contribution in [0.2, 0.25) is 5.02 Å². The molecular formula is C12H13ClN4O2. The van der Waals surface area contributed by atoms with Crippen LogP contribution in [0, 0.1) is 0 Å². The van der Waals surface area contributed by atoms with Crippen molar-refractivity contribution >= 4 is 23.4 Å². The lowest BCUT2D eigenvalue weighted by Crippen LogP contribution is -2.09. The summed E-state index contributed by atoms with van der Waals surface area (Å²) in [5, 5.41) is 12.3. The molecule has 4 N–H and O–H groups in total. The number of hydrogen-bond acceptors (Lipinski definition) is 6. The molecule has 2 aromatic rings. The van der Waals surface area contributed by atoms with Crippen LogP contribution < -0.4 is 15.8 Å². The Bertz CT molecular complexity index is 548. The topological polar surface area (TPSA) is 93.3 Å². The number of nitrogens with one attached hydrogen (secondary N) is 1. The Kier molecular flexibility index (Phi) is 4.38. The van der Waals surface area contributed by atoms with E-state index in [1.165, 1.54) is 6.20 Å². The van der Waals surface area contributed by atoms with Gasteiger partial charge in [-0.05, 0) is 24.3 Å². The van der Waals surface area contributed by atoms with Gasteiger partial charge in [-0.2, -0.15) is 4.98 Å². The first-order chi connectivity index (χ1) is 9.19. The molecule has 1 heterocycles. The summed E-state index contributed by atoms with van der Waals surface area (Å²) in [5.41, 5.74) is 5.51. The minimum absolute atomic E-state index is 0.0235. The van der Waals surface area contributed by atoms with Gasteiger partial charge in [-0.1, -0.05) is 11.6 Å². The molecule has 0 saturated heterocycles. The van der Waals surface area contributed by atoms with Crippen LogP contribution in [-0.2, 0) is 0 Å². The molecule has 0 unspecified atom stereocenters. The predicted octanol–water partition coefficient (Wildman–Crippen LogP) is 1.91. The highest BCUT2D eigenvalue weighted by molar-refractivity contribution is 6.30. The molecule has 6 nitrogen and oxygen atoms in total. The van der Waals surface area contributed by atoms with Crippen LogP contribution in [0.25, 0.3) is 0 Å². The van der Waals surface area contributed by atoms with Crippen LogP contribution in [0.3, 0.4) is 0 Å². The van der Waals surface area contributed by atoms with E-state index < -0.39 is 0 Å². The van der Waals surface area contributed by atoms with Crippen LogP contribution >= 0.6 is 11.6 Å². The predicted molar refractivity (Wildman–Crippen MR) is 73.5 cm³/mol. The van der Waals surface area contributed by atoms with Crippen molar-refractivity contribution in [1.82, 2.24) is 9.97 Å². The third kappa shape index (κ3) is 3.70. The first-order valence-electron chi connectivity index (χ1n) is 5.59. The summed E-state index contributed by atoms with van der Waals surface area (Å²) in [6.45, 7) is 0.317. The summed E-state index contributed by atoms with van der Waals surface area (Å²) in [6.07, 6.45) is 1.47. The second-order valence-electron chi connectivity index (χ2n) is 3.65. The molecule has 0 bridgehead atoms. The lowest BCUT2D eigenvalue weighted by atomic mass is 10.3. The van der Waals surface area contributed by atoms with Gasteiger partial charge in [-0.25, -0.2) is 4.98 Å². The van der Waals surface area contributed by atoms with Crippen LogP contribution in [0.5, 0.6) is 11.5 Å². The monoisotopic (exact) mass is 280 g/mol. The molecule has 0 saturated carbocycles. The molecule has 0 aliphatic carbocycles. The van der Waals surface area contributed by atoms with Crippen molar-refractivity contribution in [3.63, 3.8) is 0 Å². The van der Waals surface area contributed by atoms with Crippen LogP contribution in [-0.4, -0.2) is 28.2 Å². The lowest BCUT2D eigenvalue weighted by molar-refractivity contribution is 0.310. The maximum Gasteiger partial charge on any atom is 0.222 e. The fourth-order valence-corrected chi connectivity index (χ4v) is 1.52. The summed E-state index contributed by atoms with van der Waals surface area (Å²) in [5.74, 6) is 1.58. The first-order valence-corrected chi connectivity index (χ1v) is 5.97. The van der Waals surface area contributed by atoms with Crippen LogP contribution in [0.1, 0.15) is 0 Å². The molecule has 1 aromatic heterocycles. The van der Waals surface area contributed by atoms with Gasteiger partial charge in [0.2, 0.25) is 5.95 Å². The van der Waals surface area contributed by atoms with Crippen molar-refractivity contribution in [3.05, 3.63) is 35.5 Å². The summed E-state index contributed by atoms with van der Waals surface area (Å²) < 4.78 is 5.63. The second-order valence-corrected chi connectivity index (χ2v) is 4.08. The number of nitrogens with two attached hydrogens (primary N) is 1. The number of anilines is 2. The Morgan fingerprint density at radius 3 is 2.74 bits per heavy atom. The number of aliphatic hydroxyl groups excluding tert-OH is 1. The standard InChI is InChI=1S/C12H13ClN4O2/c13-8-1-3-9(4-2-8)19-10-7-16-12(14)17-11(10)15-5-6-18/h1-4,7,18H,5-6H2,(H3,14,15,16,17). The zero-order chi connectivity index (χ0) is 13.7. The van der Waals surface area contributed by atoms with Gasteiger partial charge in [0.05, 0.1) is 12.8 Å². The largest absolute Gasteiger partial charge is 0.452 e. The van der Waals surface area contributed by atoms with Crippen molar-refractivity contribution in [2.45, 2.75) is 0 Å². The zero-order valence-corrected chi connectivity index (χ0v) is 10.8. The molecule has 0 spiro atoms. The number of benzene rings is 1. The fraction of sp³-hybridized carbons (Fsp3) is 0.167. The van der Waals surface area contributed by atoms with Gasteiger partial charge in [0, 0.05) is 11.6 Å². The van der Waals surface area contributed by atoms with E-state index in [0.29, 0.717) is 28.9 Å². The Labute approximate surface area is 115 Å². The second kappa shape index (κ2) is 6.21. The molecule has 0 atom stereocenters. The molecule has 1 aromatic carbocycles. The summed E-state index contributed by atoms with van der Waals surface area (Å²) in [7, 11) is 0. The van der Waals surface area contributed by atoms with Crippen molar-refractivity contribution in [2.24, 2.45) is 0 Å². The van der Waals surface area contributed by atoms with E-state index in [0.717, 1.165) is 0 Å². The molecule has 2 rings (SSSR count). The molecule has 0 amide bonds. The summed E-state index contributed by atoms with van der Waals surface area (Å²) in [4.78, 5) is 7.89. The Hall–Kier alpha value is -2.05. The average Bonchev–Trinajstić information content (AvgIpc) is 2.41. The number of ether oxygens (including phenoxy) is 1. The molecule has 0 aliphatic heterocycles. The van der Waals surface area contributed by atoms with E-state index >= 15 is 0 Å². The van der Waals surface area contributed by atoms with Gasteiger partial charge < -0.3 is 20.9 Å². The smallest absolute Gasteiger partial charge is 0.222 e. The fourth-order valence-electron chi connectivity index (χ4n) is 1.39. The lowest BCUT2D eigenvalue weighted by Gasteiger charge is -2.11. The molecule has 7 heteroatoms. The third-order valence-electron chi connectivity index (χ3n) is 2.22. The van der Waals surface area contributed by atoms with Gasteiger partial charge in [0.1, 0.15) is 5.75 Å². The molecular weight excluding hydrogens is 268 g/mol. The Balaban J connectivity index is 2.20. The van der Waals surface area contributed by atoms with Gasteiger partial charge in [-0.15, -0.1) is 0 Å². The third-order valence-corrected chi connectivity index (χ3v) is 2.47. The molecule has 19 heavy (non-hydrogen) atoms. The first kappa shape index (κ1) is 13.4. The molecule has 0 fully saturated rings. The van der Waals surface area contributed by atoms with Gasteiger partial charge in [0.25, 0.3) is 0 Å². The van der Waals surface area contributed by atoms with Crippen molar-refractivity contribution in [2.75, 3.05) is 24.2 Å². The van der Waals surface area contributed by atoms with Crippen molar-refractivity contribution < 1.29 is 9.84 Å². The number of nitrogens with zero attached hydrogens (tertiary/aromatic N) is 2. The van der Waals surface area contributed by atoms with Gasteiger partial charge in [-0.3, -0.25) is 0 Å². The number of aliphatic hydroxyl groups is 1. The Morgan fingerprint density at radius 2 is 2.05 bits per heavy atom. The Morgan fingerprint density at radius 1 is 1.32 bits per heavy atom. The van der Waals surface area contributed by atoms with Crippen LogP contribution in [0.4, 0.5) is 11.8 Å². The number of aromatic nitrogens is 2. The number of nitrogen functional groups attached to an aromatic ring is 1. The maximum absolute atomic E-state index is 8.82. The van der Waals surface area contributed by atoms with E-state index in [1.54, 1.807) is 24.3 Å². The quantitative estimate of drug-likeness (QED) is 0.775. The molecule has 100 valence electrons. The number of hydrogen-bond donors (Lipinski definition) is 3. The SMILES string of the molecule is Nc1ncc(Oc2ccc(Cl)cc2)c(NCCO)n1. The summed E-state index contributed by atoms with van der Waals surface area (Å²) >= 11 is 5.80. The highest BCUT2D eigenvalue weighted by Gasteiger charge is 2.08. The van der Waals surface area contributed by atoms with E-state index in [-0.39, 0.29) is 12.6 Å². The zero-order valence-electron chi connectivity index (χ0n) is 10.0. The minimum Gasteiger partial charge on any atom is -0.452 e. The van der Waals surface area contributed by atoms with Crippen molar-refractivity contribution in [1.29, 1.82) is 0 Å². The van der Waals surface area contributed by atoms with E-state index in [2.05, 4.69) is 15.3 Å². The van der Waals surface area contributed by atoms with Gasteiger partial charge in [0.15, 0.2) is 11.6 Å². The number of rotatable bonds is 5. The van der Waals surface area contributed by atoms with Gasteiger partial charge >= 0.3 is 0 Å². The van der Waals surface area contributed by atoms with E-state index in [9.17, 15) is 0 Å². The highest BCUT2D eigenvalue weighted by atomic mass is 35.5. The average molecular weight is 281 g/mol. The minimum atomic E-state index is -0.0235. The van der Waals surface area contributed by atoms with Crippen molar-refractivity contribution in [3.8, 4) is 11.5 Å². The van der Waals surface area contributed by atoms with E-state index in [4.69, 9.17) is 27.2 Å². The number of halogens is 1. The van der Waals surface area contributed by atoms with E-state index in [1.807, 2.05) is 0 Å². The highest BCUT2D eigenvalue weighted by Crippen LogP contribution is 2.28. The normalized spacial score (nSPS) is 10.2. The van der Waals surface area contributed by atoms with Crippen LogP contribution in [0.15, 0.2) is 30.5 Å². The summed E-state index contributed by atoms with van der Waals surface area (Å²) in [6, 6.07) is 6.90. The maximum atomic E-state index is 8.82. The molecule has 0 radical (unpaired) electrons.